The Morgan fingerprint density at radius 2 is 2.22 bits per heavy atom. The standard InChI is InChI=1S/C11H8Cl2N4S/c12-10-7-2-1-3-8(9(7)16-17-10)14-4-6-5-15-11(13)18-6/h1-3,5,14H,4H2,(H,16,17). The van der Waals surface area contributed by atoms with Gasteiger partial charge in [0.25, 0.3) is 0 Å². The molecule has 0 aliphatic heterocycles. The molecule has 2 N–H and O–H groups in total. The number of hydrogen-bond donors (Lipinski definition) is 2. The number of anilines is 1. The van der Waals surface area contributed by atoms with Gasteiger partial charge in [-0.1, -0.05) is 29.3 Å². The van der Waals surface area contributed by atoms with E-state index in [4.69, 9.17) is 23.2 Å². The van der Waals surface area contributed by atoms with Crippen LogP contribution in [0.25, 0.3) is 10.9 Å². The molecule has 2 aromatic heterocycles. The van der Waals surface area contributed by atoms with Crippen molar-refractivity contribution in [1.82, 2.24) is 15.2 Å². The van der Waals surface area contributed by atoms with Gasteiger partial charge in [0.1, 0.15) is 10.7 Å². The SMILES string of the molecule is Clc1ncc(CNc2cccc3c(Cl)[nH]nc23)s1. The first-order valence-electron chi connectivity index (χ1n) is 5.21. The third-order valence-corrected chi connectivity index (χ3v) is 3.92. The molecular formula is C11H8Cl2N4S. The molecule has 1 aromatic carbocycles. The number of nitrogens with one attached hydrogen (secondary N) is 2. The van der Waals surface area contributed by atoms with Crippen LogP contribution in [0.15, 0.2) is 24.4 Å². The number of benzene rings is 1. The Hall–Kier alpha value is -1.30. The molecule has 4 nitrogen and oxygen atoms in total. The molecule has 0 fully saturated rings. The normalized spacial score (nSPS) is 11.0. The van der Waals surface area contributed by atoms with Crippen molar-refractivity contribution in [2.45, 2.75) is 6.54 Å². The van der Waals surface area contributed by atoms with Crippen molar-refractivity contribution in [3.8, 4) is 0 Å². The number of rotatable bonds is 3. The van der Waals surface area contributed by atoms with Gasteiger partial charge in [0, 0.05) is 16.5 Å². The summed E-state index contributed by atoms with van der Waals surface area (Å²) in [4.78, 5) is 5.06. The van der Waals surface area contributed by atoms with Crippen LogP contribution in [-0.4, -0.2) is 15.2 Å². The number of hydrogen-bond acceptors (Lipinski definition) is 4. The Labute approximate surface area is 117 Å². The summed E-state index contributed by atoms with van der Waals surface area (Å²) in [6, 6.07) is 5.82. The van der Waals surface area contributed by atoms with Crippen LogP contribution in [0.5, 0.6) is 0 Å². The van der Waals surface area contributed by atoms with Crippen molar-refractivity contribution < 1.29 is 0 Å². The smallest absolute Gasteiger partial charge is 0.183 e. The third-order valence-electron chi connectivity index (χ3n) is 2.52. The second-order valence-electron chi connectivity index (χ2n) is 3.67. The number of halogens is 2. The van der Waals surface area contributed by atoms with Crippen LogP contribution >= 0.6 is 34.5 Å². The highest BCUT2D eigenvalue weighted by Crippen LogP contribution is 2.27. The van der Waals surface area contributed by atoms with E-state index in [2.05, 4.69) is 20.5 Å². The molecule has 0 atom stereocenters. The lowest BCUT2D eigenvalue weighted by Gasteiger charge is -2.04. The fourth-order valence-electron chi connectivity index (χ4n) is 1.70. The van der Waals surface area contributed by atoms with Crippen LogP contribution in [0.3, 0.4) is 0 Å². The molecule has 0 unspecified atom stereocenters. The average molecular weight is 299 g/mol. The Morgan fingerprint density at radius 3 is 3.00 bits per heavy atom. The zero-order chi connectivity index (χ0) is 12.5. The largest absolute Gasteiger partial charge is 0.378 e. The molecule has 7 heteroatoms. The lowest BCUT2D eigenvalue weighted by molar-refractivity contribution is 1.11. The van der Waals surface area contributed by atoms with Crippen molar-refractivity contribution in [1.29, 1.82) is 0 Å². The number of fused-ring (bicyclic) bond motifs is 1. The van der Waals surface area contributed by atoms with E-state index in [0.717, 1.165) is 21.5 Å². The van der Waals surface area contributed by atoms with E-state index < -0.39 is 0 Å². The summed E-state index contributed by atoms with van der Waals surface area (Å²) in [5.41, 5.74) is 1.76. The minimum absolute atomic E-state index is 0.549. The van der Waals surface area contributed by atoms with E-state index in [1.54, 1.807) is 6.20 Å². The maximum atomic E-state index is 5.99. The van der Waals surface area contributed by atoms with Gasteiger partial charge in [-0.3, -0.25) is 5.10 Å². The molecule has 3 aromatic rings. The fourth-order valence-corrected chi connectivity index (χ4v) is 2.81. The van der Waals surface area contributed by atoms with Crippen LogP contribution in [0.4, 0.5) is 5.69 Å². The summed E-state index contributed by atoms with van der Waals surface area (Å²) in [6.07, 6.45) is 1.76. The molecule has 0 amide bonds. The van der Waals surface area contributed by atoms with Crippen molar-refractivity contribution in [2.24, 2.45) is 0 Å². The summed E-state index contributed by atoms with van der Waals surface area (Å²) in [5, 5.41) is 11.7. The lowest BCUT2D eigenvalue weighted by Crippen LogP contribution is -1.97. The Kier molecular flexibility index (Phi) is 3.11. The highest BCUT2D eigenvalue weighted by molar-refractivity contribution is 7.15. The summed E-state index contributed by atoms with van der Waals surface area (Å²) in [6.45, 7) is 0.661. The quantitative estimate of drug-likeness (QED) is 0.770. The highest BCUT2D eigenvalue weighted by Gasteiger charge is 2.07. The second kappa shape index (κ2) is 4.76. The Balaban J connectivity index is 1.86. The van der Waals surface area contributed by atoms with Gasteiger partial charge in [-0.2, -0.15) is 5.10 Å². The molecule has 0 aliphatic carbocycles. The third kappa shape index (κ3) is 2.16. The minimum atomic E-state index is 0.549. The van der Waals surface area contributed by atoms with Gasteiger partial charge in [0.05, 0.1) is 12.2 Å². The van der Waals surface area contributed by atoms with Gasteiger partial charge in [-0.25, -0.2) is 4.98 Å². The number of nitrogens with zero attached hydrogens (tertiary/aromatic N) is 2. The highest BCUT2D eigenvalue weighted by atomic mass is 35.5. The zero-order valence-electron chi connectivity index (χ0n) is 9.08. The number of aromatic nitrogens is 3. The summed E-state index contributed by atoms with van der Waals surface area (Å²) in [7, 11) is 0. The molecule has 2 heterocycles. The predicted octanol–water partition coefficient (Wildman–Crippen LogP) is 3.94. The van der Waals surface area contributed by atoms with Crippen LogP contribution < -0.4 is 5.32 Å². The molecular weight excluding hydrogens is 291 g/mol. The molecule has 18 heavy (non-hydrogen) atoms. The Bertz CT molecular complexity index is 691. The fraction of sp³-hybridized carbons (Fsp3) is 0.0909. The van der Waals surface area contributed by atoms with E-state index in [1.807, 2.05) is 18.2 Å². The van der Waals surface area contributed by atoms with E-state index in [9.17, 15) is 0 Å². The predicted molar refractivity (Wildman–Crippen MR) is 75.6 cm³/mol. The van der Waals surface area contributed by atoms with Gasteiger partial charge in [0.15, 0.2) is 4.47 Å². The Morgan fingerprint density at radius 1 is 1.33 bits per heavy atom. The van der Waals surface area contributed by atoms with Gasteiger partial charge >= 0.3 is 0 Å². The molecule has 92 valence electrons. The van der Waals surface area contributed by atoms with Gasteiger partial charge in [-0.05, 0) is 12.1 Å². The molecule has 0 spiro atoms. The van der Waals surface area contributed by atoms with Crippen LogP contribution in [0, 0.1) is 0 Å². The molecule has 0 radical (unpaired) electrons. The number of para-hydroxylation sites is 1. The topological polar surface area (TPSA) is 53.6 Å². The zero-order valence-corrected chi connectivity index (χ0v) is 11.4. The number of thiazole rings is 1. The van der Waals surface area contributed by atoms with E-state index >= 15 is 0 Å². The lowest BCUT2D eigenvalue weighted by atomic mass is 10.2. The van der Waals surface area contributed by atoms with E-state index in [0.29, 0.717) is 16.2 Å². The maximum absolute atomic E-state index is 5.99. The van der Waals surface area contributed by atoms with Gasteiger partial charge in [0.2, 0.25) is 0 Å². The first-order chi connectivity index (χ1) is 8.74. The second-order valence-corrected chi connectivity index (χ2v) is 5.75. The maximum Gasteiger partial charge on any atom is 0.183 e. The molecule has 0 aliphatic rings. The molecule has 0 saturated carbocycles. The molecule has 0 bridgehead atoms. The van der Waals surface area contributed by atoms with Crippen molar-refractivity contribution in [2.75, 3.05) is 5.32 Å². The van der Waals surface area contributed by atoms with Crippen LogP contribution in [0.2, 0.25) is 9.62 Å². The number of aromatic amines is 1. The van der Waals surface area contributed by atoms with Gasteiger partial charge in [-0.15, -0.1) is 11.3 Å². The average Bonchev–Trinajstić information content (AvgIpc) is 2.94. The van der Waals surface area contributed by atoms with E-state index in [-0.39, 0.29) is 0 Å². The van der Waals surface area contributed by atoms with Gasteiger partial charge < -0.3 is 5.32 Å². The summed E-state index contributed by atoms with van der Waals surface area (Å²) >= 11 is 13.2. The van der Waals surface area contributed by atoms with Crippen molar-refractivity contribution in [3.05, 3.63) is 38.9 Å². The first-order valence-corrected chi connectivity index (χ1v) is 6.78. The first kappa shape index (κ1) is 11.8. The molecule has 0 saturated heterocycles. The van der Waals surface area contributed by atoms with Crippen LogP contribution in [0.1, 0.15) is 4.88 Å². The molecule has 3 rings (SSSR count). The van der Waals surface area contributed by atoms with Crippen molar-refractivity contribution >= 4 is 51.1 Å². The number of H-pyrrole nitrogens is 1. The summed E-state index contributed by atoms with van der Waals surface area (Å²) < 4.78 is 0.549. The van der Waals surface area contributed by atoms with E-state index in [1.165, 1.54) is 11.3 Å². The minimum Gasteiger partial charge on any atom is -0.378 e. The monoisotopic (exact) mass is 298 g/mol. The van der Waals surface area contributed by atoms with Crippen LogP contribution in [-0.2, 0) is 6.54 Å². The van der Waals surface area contributed by atoms with Crippen molar-refractivity contribution in [3.63, 3.8) is 0 Å². The summed E-state index contributed by atoms with van der Waals surface area (Å²) in [5.74, 6) is 0.